The Bertz CT molecular complexity index is 1060. The minimum atomic E-state index is -0.423. The molecule has 0 saturated carbocycles. The van der Waals surface area contributed by atoms with Crippen molar-refractivity contribution < 1.29 is 19.0 Å². The number of carbonyl (C=O) groups excluding carboxylic acids is 1. The Hall–Kier alpha value is -2.78. The van der Waals surface area contributed by atoms with E-state index < -0.39 is 6.09 Å². The molecule has 10 heteroatoms. The van der Waals surface area contributed by atoms with E-state index >= 15 is 0 Å². The number of amides is 1. The number of aryl methyl sites for hydroxylation is 1. The molecule has 0 radical (unpaired) electrons. The van der Waals surface area contributed by atoms with Crippen molar-refractivity contribution in [2.24, 2.45) is 0 Å². The summed E-state index contributed by atoms with van der Waals surface area (Å²) in [4.78, 5) is 32.0. The molecule has 2 aromatic rings. The highest BCUT2D eigenvalue weighted by Crippen LogP contribution is 2.31. The topological polar surface area (TPSA) is 94.9 Å². The number of nitrogens with zero attached hydrogens (tertiary/aromatic N) is 3. The second-order valence-electron chi connectivity index (χ2n) is 7.63. The van der Waals surface area contributed by atoms with Crippen LogP contribution < -0.4 is 15.6 Å². The van der Waals surface area contributed by atoms with Gasteiger partial charge in [-0.25, -0.2) is 9.78 Å². The first kappa shape index (κ1) is 24.9. The molecule has 1 unspecified atom stereocenters. The predicted molar refractivity (Wildman–Crippen MR) is 127 cm³/mol. The smallest absolute Gasteiger partial charge is 0.409 e. The summed E-state index contributed by atoms with van der Waals surface area (Å²) in [7, 11) is 2.92. The van der Waals surface area contributed by atoms with E-state index in [1.807, 2.05) is 20.8 Å². The van der Waals surface area contributed by atoms with Crippen molar-refractivity contribution >= 4 is 23.4 Å². The van der Waals surface area contributed by atoms with Crippen LogP contribution >= 0.6 is 11.6 Å². The molecule has 0 spiro atoms. The summed E-state index contributed by atoms with van der Waals surface area (Å²) in [5, 5.41) is 3.79. The van der Waals surface area contributed by atoms with Gasteiger partial charge in [0.2, 0.25) is 0 Å². The van der Waals surface area contributed by atoms with E-state index in [-0.39, 0.29) is 17.7 Å². The molecule has 3 rings (SSSR count). The van der Waals surface area contributed by atoms with Crippen LogP contribution in [0.4, 0.5) is 10.5 Å². The highest BCUT2D eigenvalue weighted by atomic mass is 35.5. The number of aromatic nitrogens is 2. The van der Waals surface area contributed by atoms with Crippen LogP contribution in [-0.4, -0.2) is 66.6 Å². The van der Waals surface area contributed by atoms with Gasteiger partial charge in [0.1, 0.15) is 17.3 Å². The van der Waals surface area contributed by atoms with E-state index in [1.165, 1.54) is 7.11 Å². The molecule has 180 valence electrons. The predicted octanol–water partition coefficient (Wildman–Crippen LogP) is 3.42. The average molecular weight is 479 g/mol. The Balaban J connectivity index is 2.03. The molecule has 33 heavy (non-hydrogen) atoms. The van der Waals surface area contributed by atoms with Crippen LogP contribution in [0.3, 0.4) is 0 Å². The third-order valence-electron chi connectivity index (χ3n) is 5.72. The van der Waals surface area contributed by atoms with Crippen molar-refractivity contribution in [2.45, 2.75) is 45.9 Å². The maximum absolute atomic E-state index is 13.6. The lowest BCUT2D eigenvalue weighted by Gasteiger charge is -2.23. The van der Waals surface area contributed by atoms with Crippen LogP contribution in [0.15, 0.2) is 23.0 Å². The summed E-state index contributed by atoms with van der Waals surface area (Å²) in [6.45, 7) is 7.37. The largest absolute Gasteiger partial charge is 0.497 e. The van der Waals surface area contributed by atoms with Crippen molar-refractivity contribution in [2.75, 3.05) is 39.2 Å². The van der Waals surface area contributed by atoms with Gasteiger partial charge in [-0.1, -0.05) is 18.5 Å². The number of likely N-dealkylation sites (tertiary alicyclic amines) is 1. The van der Waals surface area contributed by atoms with E-state index in [0.717, 1.165) is 0 Å². The van der Waals surface area contributed by atoms with Gasteiger partial charge in [0, 0.05) is 25.3 Å². The van der Waals surface area contributed by atoms with Crippen LogP contribution in [0.25, 0.3) is 11.4 Å². The molecular formula is C23H31ClN4O5. The van der Waals surface area contributed by atoms with E-state index in [2.05, 4.69) is 5.32 Å². The fraction of sp³-hybridized carbons (Fsp3) is 0.522. The van der Waals surface area contributed by atoms with Gasteiger partial charge in [0.05, 0.1) is 43.6 Å². The second-order valence-corrected chi connectivity index (χ2v) is 8.03. The molecule has 2 atom stereocenters. The molecule has 1 N–H and O–H groups in total. The molecule has 1 fully saturated rings. The van der Waals surface area contributed by atoms with Gasteiger partial charge >= 0.3 is 6.09 Å². The Kier molecular flexibility index (Phi) is 8.20. The Labute approximate surface area is 198 Å². The minimum absolute atomic E-state index is 0.196. The van der Waals surface area contributed by atoms with Crippen LogP contribution in [0.5, 0.6) is 5.75 Å². The Morgan fingerprint density at radius 1 is 1.24 bits per heavy atom. The van der Waals surface area contributed by atoms with Crippen LogP contribution in [-0.2, 0) is 22.4 Å². The first-order chi connectivity index (χ1) is 15.9. The molecule has 1 aromatic carbocycles. The van der Waals surface area contributed by atoms with Crippen molar-refractivity contribution in [3.8, 4) is 17.1 Å². The zero-order valence-corrected chi connectivity index (χ0v) is 20.4. The van der Waals surface area contributed by atoms with E-state index in [1.54, 1.807) is 34.8 Å². The summed E-state index contributed by atoms with van der Waals surface area (Å²) < 4.78 is 17.5. The summed E-state index contributed by atoms with van der Waals surface area (Å²) in [5.74, 6) is 1.13. The van der Waals surface area contributed by atoms with E-state index in [4.69, 9.17) is 30.8 Å². The number of methoxy groups -OCH3 is 2. The quantitative estimate of drug-likeness (QED) is 0.621. The summed E-state index contributed by atoms with van der Waals surface area (Å²) in [6, 6.07) is 5.02. The maximum atomic E-state index is 13.6. The first-order valence-corrected chi connectivity index (χ1v) is 11.4. The fourth-order valence-corrected chi connectivity index (χ4v) is 4.32. The maximum Gasteiger partial charge on any atom is 0.409 e. The molecule has 1 aromatic heterocycles. The number of hydrogen-bond donors (Lipinski definition) is 1. The number of rotatable bonds is 8. The number of nitrogens with one attached hydrogen (secondary N) is 1. The van der Waals surface area contributed by atoms with Gasteiger partial charge in [0.15, 0.2) is 0 Å². The normalized spacial score (nSPS) is 17.8. The summed E-state index contributed by atoms with van der Waals surface area (Å²) in [5.41, 5.74) is 1.49. The summed E-state index contributed by atoms with van der Waals surface area (Å²) in [6.07, 6.45) is -0.160. The molecule has 1 aliphatic heterocycles. The molecular weight excluding hydrogens is 448 g/mol. The zero-order valence-electron chi connectivity index (χ0n) is 19.7. The number of ether oxygens (including phenoxy) is 3. The lowest BCUT2D eigenvalue weighted by atomic mass is 10.1. The average Bonchev–Trinajstić information content (AvgIpc) is 3.22. The minimum Gasteiger partial charge on any atom is -0.497 e. The Morgan fingerprint density at radius 3 is 2.58 bits per heavy atom. The molecule has 9 nitrogen and oxygen atoms in total. The number of hydrogen-bond acceptors (Lipinski definition) is 7. The van der Waals surface area contributed by atoms with Gasteiger partial charge in [0.25, 0.3) is 5.56 Å². The monoisotopic (exact) mass is 478 g/mol. The second kappa shape index (κ2) is 10.9. The van der Waals surface area contributed by atoms with Crippen molar-refractivity contribution in [3.05, 3.63) is 39.3 Å². The molecule has 0 aliphatic carbocycles. The molecule has 2 heterocycles. The third-order valence-corrected chi connectivity index (χ3v) is 6.03. The van der Waals surface area contributed by atoms with Gasteiger partial charge in [-0.05, 0) is 38.5 Å². The van der Waals surface area contributed by atoms with Crippen LogP contribution in [0.2, 0.25) is 5.02 Å². The van der Waals surface area contributed by atoms with Crippen molar-refractivity contribution in [1.29, 1.82) is 0 Å². The fourth-order valence-electron chi connectivity index (χ4n) is 4.06. The van der Waals surface area contributed by atoms with Gasteiger partial charge in [-0.2, -0.15) is 0 Å². The van der Waals surface area contributed by atoms with Crippen molar-refractivity contribution in [1.82, 2.24) is 14.5 Å². The summed E-state index contributed by atoms with van der Waals surface area (Å²) >= 11 is 6.49. The number of carbonyl (C=O) groups is 1. The standard InChI is InChI=1S/C23H31ClN4O5/c1-6-17-20(25-18-12-27(23(30)32-5)13-19(18)33-8-3)22(29)28(7-2)21(26-17)15-10-9-14(31-4)11-16(15)24/h9-11,18-19,25H,6-8,12-13H2,1-5H3/t18?,19-/m0/s1. The number of halogens is 1. The third kappa shape index (κ3) is 5.09. The number of benzene rings is 1. The Morgan fingerprint density at radius 2 is 2.00 bits per heavy atom. The van der Waals surface area contributed by atoms with Crippen LogP contribution in [0.1, 0.15) is 26.5 Å². The molecule has 0 bridgehead atoms. The zero-order chi connectivity index (χ0) is 24.1. The molecule has 1 saturated heterocycles. The molecule has 1 amide bonds. The van der Waals surface area contributed by atoms with Crippen LogP contribution in [0, 0.1) is 0 Å². The first-order valence-electron chi connectivity index (χ1n) is 11.1. The van der Waals surface area contributed by atoms with Crippen molar-refractivity contribution in [3.63, 3.8) is 0 Å². The number of anilines is 1. The van der Waals surface area contributed by atoms with Gasteiger partial charge in [-0.15, -0.1) is 0 Å². The molecule has 1 aliphatic rings. The highest BCUT2D eigenvalue weighted by molar-refractivity contribution is 6.33. The van der Waals surface area contributed by atoms with Gasteiger partial charge in [-0.3, -0.25) is 9.36 Å². The van der Waals surface area contributed by atoms with E-state index in [9.17, 15) is 9.59 Å². The van der Waals surface area contributed by atoms with Gasteiger partial charge < -0.3 is 24.4 Å². The van der Waals surface area contributed by atoms with E-state index in [0.29, 0.717) is 66.2 Å². The lowest BCUT2D eigenvalue weighted by molar-refractivity contribution is 0.0614. The lowest BCUT2D eigenvalue weighted by Crippen LogP contribution is -2.38. The SMILES string of the molecule is CCO[C@H]1CN(C(=O)OC)CC1Nc1c(CC)nc(-c2ccc(OC)cc2Cl)n(CC)c1=O. The highest BCUT2D eigenvalue weighted by Gasteiger charge is 2.37.